The molecule has 30 heavy (non-hydrogen) atoms. The van der Waals surface area contributed by atoms with Crippen LogP contribution in [0.4, 0.5) is 4.79 Å². The van der Waals surface area contributed by atoms with E-state index in [1.807, 2.05) is 12.1 Å². The van der Waals surface area contributed by atoms with Crippen LogP contribution in [0.25, 0.3) is 0 Å². The van der Waals surface area contributed by atoms with Gasteiger partial charge in [-0.15, -0.1) is 0 Å². The summed E-state index contributed by atoms with van der Waals surface area (Å²) in [6, 6.07) is 21.4. The second kappa shape index (κ2) is 12.4. The molecule has 4 nitrogen and oxygen atoms in total. The summed E-state index contributed by atoms with van der Waals surface area (Å²) in [6.07, 6.45) is 7.74. The number of amides is 1. The Morgan fingerprint density at radius 1 is 0.967 bits per heavy atom. The van der Waals surface area contributed by atoms with Crippen molar-refractivity contribution in [3.05, 3.63) is 71.8 Å². The van der Waals surface area contributed by atoms with Gasteiger partial charge in [0.15, 0.2) is 0 Å². The summed E-state index contributed by atoms with van der Waals surface area (Å²) in [5.41, 5.74) is 2.57. The van der Waals surface area contributed by atoms with Gasteiger partial charge < -0.3 is 15.4 Å². The van der Waals surface area contributed by atoms with Crippen LogP contribution in [0.3, 0.4) is 0 Å². The lowest BCUT2D eigenvalue weighted by atomic mass is 9.84. The third-order valence-corrected chi connectivity index (χ3v) is 5.92. The van der Waals surface area contributed by atoms with Crippen LogP contribution >= 0.6 is 0 Å². The van der Waals surface area contributed by atoms with Gasteiger partial charge in [0.05, 0.1) is 0 Å². The van der Waals surface area contributed by atoms with Crippen LogP contribution in [-0.2, 0) is 4.74 Å². The molecule has 1 aliphatic heterocycles. The number of hydrogen-bond acceptors (Lipinski definition) is 3. The molecule has 1 heterocycles. The standard InChI is InChI=1S/C26H36N2O2/c1-2-3-4-5-6-13-18-27-26(29)30-23-19-24(28-20-23)25(21-14-9-7-10-15-21)22-16-11-8-12-17-22/h7-12,14-17,23-25,28H,2-6,13,18-20H2,1H3,(H,27,29)/t23-,24-/m0/s1. The summed E-state index contributed by atoms with van der Waals surface area (Å²) in [6.45, 7) is 3.62. The number of carbonyl (C=O) groups excluding carboxylic acids is 1. The Hall–Kier alpha value is -2.33. The maximum atomic E-state index is 12.2. The normalized spacial score (nSPS) is 18.5. The molecule has 162 valence electrons. The smallest absolute Gasteiger partial charge is 0.407 e. The first-order chi connectivity index (χ1) is 14.8. The van der Waals surface area contributed by atoms with E-state index in [0.29, 0.717) is 13.1 Å². The minimum atomic E-state index is -0.285. The number of hydrogen-bond donors (Lipinski definition) is 2. The molecule has 3 rings (SSSR count). The summed E-state index contributed by atoms with van der Waals surface area (Å²) in [4.78, 5) is 12.2. The van der Waals surface area contributed by atoms with Gasteiger partial charge in [0.1, 0.15) is 6.10 Å². The molecule has 2 aromatic rings. The zero-order valence-corrected chi connectivity index (χ0v) is 18.2. The molecule has 2 atom stereocenters. The predicted molar refractivity (Wildman–Crippen MR) is 123 cm³/mol. The van der Waals surface area contributed by atoms with Crippen LogP contribution in [-0.4, -0.2) is 31.3 Å². The second-order valence-electron chi connectivity index (χ2n) is 8.27. The molecule has 0 radical (unpaired) electrons. The summed E-state index contributed by atoms with van der Waals surface area (Å²) in [7, 11) is 0. The zero-order valence-electron chi connectivity index (χ0n) is 18.2. The third-order valence-electron chi connectivity index (χ3n) is 5.92. The molecule has 1 fully saturated rings. The highest BCUT2D eigenvalue weighted by Gasteiger charge is 2.34. The molecule has 0 bridgehead atoms. The summed E-state index contributed by atoms with van der Waals surface area (Å²) in [5.74, 6) is 0.243. The van der Waals surface area contributed by atoms with Crippen LogP contribution in [0, 0.1) is 0 Å². The largest absolute Gasteiger partial charge is 0.445 e. The topological polar surface area (TPSA) is 50.4 Å². The molecule has 0 aliphatic carbocycles. The Bertz CT molecular complexity index is 696. The first-order valence-corrected chi connectivity index (χ1v) is 11.6. The average molecular weight is 409 g/mol. The summed E-state index contributed by atoms with van der Waals surface area (Å²) in [5, 5.41) is 6.52. The molecular weight excluding hydrogens is 372 g/mol. The lowest BCUT2D eigenvalue weighted by Gasteiger charge is -2.25. The second-order valence-corrected chi connectivity index (χ2v) is 8.27. The number of ether oxygens (including phenoxy) is 1. The van der Waals surface area contributed by atoms with Gasteiger partial charge in [-0.3, -0.25) is 0 Å². The van der Waals surface area contributed by atoms with Gasteiger partial charge in [-0.1, -0.05) is 99.7 Å². The highest BCUT2D eigenvalue weighted by atomic mass is 16.6. The van der Waals surface area contributed by atoms with Crippen LogP contribution in [0.5, 0.6) is 0 Å². The van der Waals surface area contributed by atoms with Crippen LogP contribution < -0.4 is 10.6 Å². The Kier molecular flexibility index (Phi) is 9.23. The van der Waals surface area contributed by atoms with Crippen LogP contribution in [0.1, 0.15) is 68.9 Å². The van der Waals surface area contributed by atoms with Crippen molar-refractivity contribution in [2.24, 2.45) is 0 Å². The highest BCUT2D eigenvalue weighted by Crippen LogP contribution is 2.32. The van der Waals surface area contributed by atoms with E-state index in [0.717, 1.165) is 12.8 Å². The van der Waals surface area contributed by atoms with E-state index in [9.17, 15) is 4.79 Å². The van der Waals surface area contributed by atoms with Crippen molar-refractivity contribution in [3.8, 4) is 0 Å². The maximum Gasteiger partial charge on any atom is 0.407 e. The van der Waals surface area contributed by atoms with Gasteiger partial charge in [0.2, 0.25) is 0 Å². The van der Waals surface area contributed by atoms with Crippen molar-refractivity contribution in [2.45, 2.75) is 69.9 Å². The molecule has 0 saturated carbocycles. The molecule has 1 saturated heterocycles. The minimum Gasteiger partial charge on any atom is -0.445 e. The van der Waals surface area contributed by atoms with Crippen molar-refractivity contribution in [3.63, 3.8) is 0 Å². The molecular formula is C26H36N2O2. The van der Waals surface area contributed by atoms with E-state index < -0.39 is 0 Å². The van der Waals surface area contributed by atoms with E-state index in [-0.39, 0.29) is 24.2 Å². The van der Waals surface area contributed by atoms with Gasteiger partial charge >= 0.3 is 6.09 Å². The van der Waals surface area contributed by atoms with Gasteiger partial charge in [-0.25, -0.2) is 4.79 Å². The monoisotopic (exact) mass is 408 g/mol. The molecule has 0 spiro atoms. The fourth-order valence-electron chi connectivity index (χ4n) is 4.34. The highest BCUT2D eigenvalue weighted by molar-refractivity contribution is 5.67. The summed E-state index contributed by atoms with van der Waals surface area (Å²) < 4.78 is 5.70. The minimum absolute atomic E-state index is 0.0884. The Morgan fingerprint density at radius 2 is 1.57 bits per heavy atom. The fraction of sp³-hybridized carbons (Fsp3) is 0.500. The van der Waals surface area contributed by atoms with Gasteiger partial charge in [0, 0.05) is 31.5 Å². The van der Waals surface area contributed by atoms with Crippen LogP contribution in [0.15, 0.2) is 60.7 Å². The van der Waals surface area contributed by atoms with Crippen molar-refractivity contribution in [1.82, 2.24) is 10.6 Å². The predicted octanol–water partition coefficient (Wildman–Crippen LogP) is 5.64. The number of alkyl carbamates (subject to hydrolysis) is 1. The Balaban J connectivity index is 1.48. The van der Waals surface area contributed by atoms with E-state index >= 15 is 0 Å². The van der Waals surface area contributed by atoms with Crippen LogP contribution in [0.2, 0.25) is 0 Å². The SMILES string of the molecule is CCCCCCCCNC(=O)O[C@@H]1CN[C@H](C(c2ccccc2)c2ccccc2)C1. The lowest BCUT2D eigenvalue weighted by Crippen LogP contribution is -2.30. The molecule has 0 aromatic heterocycles. The van der Waals surface area contributed by atoms with Gasteiger partial charge in [-0.2, -0.15) is 0 Å². The molecule has 0 unspecified atom stereocenters. The van der Waals surface area contributed by atoms with E-state index in [2.05, 4.69) is 66.1 Å². The van der Waals surface area contributed by atoms with Crippen molar-refractivity contribution in [1.29, 1.82) is 0 Å². The summed E-state index contributed by atoms with van der Waals surface area (Å²) >= 11 is 0. The van der Waals surface area contributed by atoms with Gasteiger partial charge in [-0.05, 0) is 17.5 Å². The molecule has 4 heteroatoms. The van der Waals surface area contributed by atoms with E-state index in [4.69, 9.17) is 4.74 Å². The quantitative estimate of drug-likeness (QED) is 0.473. The van der Waals surface area contributed by atoms with E-state index in [1.54, 1.807) is 0 Å². The van der Waals surface area contributed by atoms with Crippen molar-refractivity contribution < 1.29 is 9.53 Å². The fourth-order valence-corrected chi connectivity index (χ4v) is 4.34. The molecule has 1 aliphatic rings. The first kappa shape index (κ1) is 22.4. The molecule has 1 amide bonds. The number of nitrogens with one attached hydrogen (secondary N) is 2. The van der Waals surface area contributed by atoms with E-state index in [1.165, 1.54) is 43.2 Å². The number of benzene rings is 2. The molecule has 2 N–H and O–H groups in total. The molecule has 2 aromatic carbocycles. The van der Waals surface area contributed by atoms with Crippen molar-refractivity contribution >= 4 is 6.09 Å². The van der Waals surface area contributed by atoms with Crippen molar-refractivity contribution in [2.75, 3.05) is 13.1 Å². The number of carbonyl (C=O) groups is 1. The van der Waals surface area contributed by atoms with Gasteiger partial charge in [0.25, 0.3) is 0 Å². The Labute approximate surface area is 181 Å². The third kappa shape index (κ3) is 6.88. The number of rotatable bonds is 11. The zero-order chi connectivity index (χ0) is 21.0. The number of unbranched alkanes of at least 4 members (excludes halogenated alkanes) is 5. The maximum absolute atomic E-state index is 12.2. The Morgan fingerprint density at radius 3 is 2.20 bits per heavy atom. The first-order valence-electron chi connectivity index (χ1n) is 11.6. The lowest BCUT2D eigenvalue weighted by molar-refractivity contribution is 0.106. The average Bonchev–Trinajstić information content (AvgIpc) is 3.22.